The number of thiol groups is 1. The maximum absolute atomic E-state index is 3.94. The fourth-order valence-corrected chi connectivity index (χ4v) is 0.557. The second-order valence-electron chi connectivity index (χ2n) is 1.92. The van der Waals surface area contributed by atoms with Crippen molar-refractivity contribution in [3.05, 3.63) is 0 Å². The van der Waals surface area contributed by atoms with Crippen molar-refractivity contribution in [3.63, 3.8) is 0 Å². The summed E-state index contributed by atoms with van der Waals surface area (Å²) in [6.45, 7) is 3.71. The van der Waals surface area contributed by atoms with Gasteiger partial charge in [-0.1, -0.05) is 17.7 Å². The molecule has 0 radical (unpaired) electrons. The number of tetrazole rings is 1. The summed E-state index contributed by atoms with van der Waals surface area (Å²) in [5.74, 6) is 0. The quantitative estimate of drug-likeness (QED) is 0.363. The van der Waals surface area contributed by atoms with Crippen LogP contribution in [0.3, 0.4) is 0 Å². The molecule has 0 amide bonds. The van der Waals surface area contributed by atoms with Crippen molar-refractivity contribution >= 4 is 47.9 Å². The van der Waals surface area contributed by atoms with E-state index in [-0.39, 0.29) is 29.6 Å². The Hall–Kier alpha value is 0.0900. The van der Waals surface area contributed by atoms with E-state index in [0.29, 0.717) is 5.16 Å². The summed E-state index contributed by atoms with van der Waals surface area (Å²) in [4.78, 5) is 1.26. The molecule has 0 bridgehead atoms. The van der Waals surface area contributed by atoms with Gasteiger partial charge in [0.25, 0.3) is 0 Å². The van der Waals surface area contributed by atoms with Crippen LogP contribution in [0.2, 0.25) is 0 Å². The van der Waals surface area contributed by atoms with Gasteiger partial charge in [0.15, 0.2) is 0 Å². The molecule has 0 fully saturated rings. The molecule has 11 heavy (non-hydrogen) atoms. The van der Waals surface area contributed by atoms with E-state index in [1.807, 2.05) is 13.8 Å². The van der Waals surface area contributed by atoms with Crippen LogP contribution in [0.1, 0.15) is 13.8 Å². The van der Waals surface area contributed by atoms with Crippen LogP contribution in [0.5, 0.6) is 0 Å². The van der Waals surface area contributed by atoms with Crippen LogP contribution in [0.15, 0.2) is 10.3 Å². The molecule has 56 valence electrons. The molecular formula is C4H8N5NaS. The van der Waals surface area contributed by atoms with Crippen LogP contribution in [-0.2, 0) is 0 Å². The van der Waals surface area contributed by atoms with Gasteiger partial charge in [-0.15, -0.1) is 4.79 Å². The summed E-state index contributed by atoms with van der Waals surface area (Å²) >= 11 is 3.94. The molecule has 7 heteroatoms. The Morgan fingerprint density at radius 3 is 2.55 bits per heavy atom. The van der Waals surface area contributed by atoms with Gasteiger partial charge in [-0.3, -0.25) is 0 Å². The fourth-order valence-electron chi connectivity index (χ4n) is 0.432. The Labute approximate surface area is 91.9 Å². The number of rotatable bonds is 1. The predicted octanol–water partition coefficient (Wildman–Crippen LogP) is -0.443. The topological polar surface area (TPSA) is 56.0 Å². The molecule has 0 aliphatic heterocycles. The Morgan fingerprint density at radius 2 is 2.18 bits per heavy atom. The monoisotopic (exact) mass is 181 g/mol. The molecule has 0 N–H and O–H groups in total. The van der Waals surface area contributed by atoms with Crippen molar-refractivity contribution in [3.8, 4) is 0 Å². The molecule has 5 nitrogen and oxygen atoms in total. The normalized spacial score (nSPS) is 8.64. The van der Waals surface area contributed by atoms with Gasteiger partial charge in [-0.2, -0.15) is 5.10 Å². The van der Waals surface area contributed by atoms with Crippen molar-refractivity contribution in [2.24, 2.45) is 5.10 Å². The summed E-state index contributed by atoms with van der Waals surface area (Å²) in [7, 11) is 0. The van der Waals surface area contributed by atoms with Gasteiger partial charge < -0.3 is 0 Å². The number of aromatic nitrogens is 4. The first kappa shape index (κ1) is 11.1. The van der Waals surface area contributed by atoms with Gasteiger partial charge in [-0.25, -0.2) is 0 Å². The molecule has 1 heterocycles. The summed E-state index contributed by atoms with van der Waals surface area (Å²) in [6, 6.07) is 0. The molecule has 0 aromatic carbocycles. The second-order valence-corrected chi connectivity index (χ2v) is 2.32. The Balaban J connectivity index is 0.000001000. The number of hydrogen-bond donors (Lipinski definition) is 1. The molecule has 0 unspecified atom stereocenters. The third-order valence-electron chi connectivity index (χ3n) is 0.732. The van der Waals surface area contributed by atoms with Gasteiger partial charge in [0, 0.05) is 5.71 Å². The van der Waals surface area contributed by atoms with E-state index in [1.54, 1.807) is 0 Å². The fraction of sp³-hybridized carbons (Fsp3) is 0.500. The molecule has 0 aliphatic carbocycles. The summed E-state index contributed by atoms with van der Waals surface area (Å²) in [5.41, 5.74) is 0.877. The third kappa shape index (κ3) is 3.33. The van der Waals surface area contributed by atoms with Crippen LogP contribution in [0.4, 0.5) is 0 Å². The standard InChI is InChI=1S/C4H7N5S.Na.H/c1-3(2)6-9-4(10)5-7-8-9;;/h1-2H3,(H,5,8,10);;. The average molecular weight is 181 g/mol. The minimum atomic E-state index is 0. The van der Waals surface area contributed by atoms with E-state index in [2.05, 4.69) is 33.3 Å². The molecule has 1 rings (SSSR count). The van der Waals surface area contributed by atoms with Crippen LogP contribution in [0.25, 0.3) is 0 Å². The third-order valence-corrected chi connectivity index (χ3v) is 1.00. The minimum absolute atomic E-state index is 0. The maximum atomic E-state index is 3.94. The molecule has 0 aliphatic rings. The zero-order valence-corrected chi connectivity index (χ0v) is 6.58. The average Bonchev–Trinajstić information content (AvgIpc) is 2.15. The Morgan fingerprint density at radius 1 is 1.55 bits per heavy atom. The molecular weight excluding hydrogens is 173 g/mol. The van der Waals surface area contributed by atoms with Gasteiger partial charge in [0.1, 0.15) is 0 Å². The van der Waals surface area contributed by atoms with Crippen LogP contribution >= 0.6 is 12.6 Å². The van der Waals surface area contributed by atoms with Gasteiger partial charge in [0.2, 0.25) is 5.16 Å². The zero-order chi connectivity index (χ0) is 7.56. The Bertz CT molecular complexity index is 253. The molecule has 0 atom stereocenters. The Kier molecular flexibility index (Phi) is 4.91. The molecule has 1 aromatic rings. The molecule has 0 saturated heterocycles. The van der Waals surface area contributed by atoms with Gasteiger partial charge in [0.05, 0.1) is 0 Å². The van der Waals surface area contributed by atoms with E-state index in [4.69, 9.17) is 0 Å². The van der Waals surface area contributed by atoms with Gasteiger partial charge in [-0.05, 0) is 24.3 Å². The SMILES string of the molecule is CC(C)=Nn1nnnc1S.[NaH]. The van der Waals surface area contributed by atoms with Crippen LogP contribution in [-0.4, -0.2) is 55.6 Å². The predicted molar refractivity (Wildman–Crippen MR) is 46.4 cm³/mol. The van der Waals surface area contributed by atoms with E-state index in [9.17, 15) is 0 Å². The van der Waals surface area contributed by atoms with E-state index >= 15 is 0 Å². The van der Waals surface area contributed by atoms with Crippen molar-refractivity contribution in [2.45, 2.75) is 19.0 Å². The summed E-state index contributed by atoms with van der Waals surface area (Å²) in [6.07, 6.45) is 0. The molecule has 0 saturated carbocycles. The zero-order valence-electron chi connectivity index (χ0n) is 5.68. The summed E-state index contributed by atoms with van der Waals surface area (Å²) in [5, 5.41) is 14.8. The van der Waals surface area contributed by atoms with Crippen LogP contribution < -0.4 is 0 Å². The van der Waals surface area contributed by atoms with Crippen molar-refractivity contribution in [2.75, 3.05) is 0 Å². The van der Waals surface area contributed by atoms with Crippen molar-refractivity contribution in [1.82, 2.24) is 20.3 Å². The van der Waals surface area contributed by atoms with E-state index in [1.165, 1.54) is 4.79 Å². The first-order valence-electron chi connectivity index (χ1n) is 2.69. The van der Waals surface area contributed by atoms with Gasteiger partial charge >= 0.3 is 29.6 Å². The second kappa shape index (κ2) is 4.87. The number of hydrogen-bond acceptors (Lipinski definition) is 5. The van der Waals surface area contributed by atoms with Crippen molar-refractivity contribution in [1.29, 1.82) is 0 Å². The molecule has 0 spiro atoms. The number of nitrogens with zero attached hydrogens (tertiary/aromatic N) is 5. The summed E-state index contributed by atoms with van der Waals surface area (Å²) < 4.78 is 0. The van der Waals surface area contributed by atoms with Crippen LogP contribution in [0, 0.1) is 0 Å². The first-order valence-corrected chi connectivity index (χ1v) is 3.14. The first-order chi connectivity index (χ1) is 4.70. The van der Waals surface area contributed by atoms with E-state index < -0.39 is 0 Å². The molecule has 1 aromatic heterocycles. The van der Waals surface area contributed by atoms with E-state index in [0.717, 1.165) is 5.71 Å². The van der Waals surface area contributed by atoms with Crippen molar-refractivity contribution < 1.29 is 0 Å².